The fraction of sp³-hybridized carbons (Fsp3) is 0.0500. The predicted molar refractivity (Wildman–Crippen MR) is 97.6 cm³/mol. The van der Waals surface area contributed by atoms with E-state index in [1.54, 1.807) is 41.2 Å². The van der Waals surface area contributed by atoms with Crippen molar-refractivity contribution in [2.75, 3.05) is 5.32 Å². The Bertz CT molecular complexity index is 936. The topological polar surface area (TPSA) is 59.8 Å². The smallest absolute Gasteiger partial charge is 0.248 e. The molecule has 0 saturated carbocycles. The Kier molecular flexibility index (Phi) is 5.03. The molecule has 0 spiro atoms. The minimum Gasteiger partial charge on any atom is -0.322 e. The normalized spacial score (nSPS) is 10.5. The van der Waals surface area contributed by atoms with Gasteiger partial charge in [-0.1, -0.05) is 47.5 Å². The second kappa shape index (κ2) is 7.75. The van der Waals surface area contributed by atoms with E-state index in [4.69, 9.17) is 6.42 Å². The van der Waals surface area contributed by atoms with Gasteiger partial charge >= 0.3 is 0 Å². The van der Waals surface area contributed by atoms with E-state index in [1.807, 2.05) is 30.3 Å². The van der Waals surface area contributed by atoms with E-state index >= 15 is 0 Å². The highest BCUT2D eigenvalue weighted by molar-refractivity contribution is 6.01. The quantitative estimate of drug-likeness (QED) is 0.579. The van der Waals surface area contributed by atoms with Crippen molar-refractivity contribution in [2.24, 2.45) is 0 Å². The van der Waals surface area contributed by atoms with Gasteiger partial charge in [-0.25, -0.2) is 4.68 Å². The Hall–Kier alpha value is -3.65. The van der Waals surface area contributed by atoms with Crippen LogP contribution in [0.1, 0.15) is 16.8 Å². The summed E-state index contributed by atoms with van der Waals surface area (Å²) in [5, 5.41) is 10.9. The van der Waals surface area contributed by atoms with Crippen LogP contribution >= 0.6 is 0 Å². The van der Waals surface area contributed by atoms with E-state index in [9.17, 15) is 4.79 Å². The summed E-state index contributed by atoms with van der Waals surface area (Å²) < 4.78 is 1.73. The molecule has 1 N–H and O–H groups in total. The summed E-state index contributed by atoms with van der Waals surface area (Å²) in [6.07, 6.45) is 10.2. The first-order chi connectivity index (χ1) is 12.2. The van der Waals surface area contributed by atoms with Gasteiger partial charge in [0.15, 0.2) is 0 Å². The minimum absolute atomic E-state index is 0.258. The number of terminal acetylenes is 1. The number of carbonyl (C=O) groups is 1. The van der Waals surface area contributed by atoms with Gasteiger partial charge in [-0.15, -0.1) is 11.5 Å². The number of aromatic nitrogens is 3. The molecular formula is C20H16N4O. The van der Waals surface area contributed by atoms with Crippen molar-refractivity contribution in [3.8, 4) is 12.3 Å². The van der Waals surface area contributed by atoms with Gasteiger partial charge in [-0.3, -0.25) is 4.79 Å². The molecule has 0 atom stereocenters. The Morgan fingerprint density at radius 3 is 2.84 bits per heavy atom. The highest BCUT2D eigenvalue weighted by atomic mass is 16.1. The van der Waals surface area contributed by atoms with Gasteiger partial charge < -0.3 is 5.32 Å². The van der Waals surface area contributed by atoms with Crippen LogP contribution in [0.3, 0.4) is 0 Å². The van der Waals surface area contributed by atoms with Crippen molar-refractivity contribution >= 4 is 17.7 Å². The molecule has 25 heavy (non-hydrogen) atoms. The third-order valence-electron chi connectivity index (χ3n) is 3.45. The zero-order valence-electron chi connectivity index (χ0n) is 13.5. The maximum absolute atomic E-state index is 12.0. The van der Waals surface area contributed by atoms with Crippen molar-refractivity contribution in [2.45, 2.75) is 6.54 Å². The van der Waals surface area contributed by atoms with Crippen LogP contribution in [-0.2, 0) is 11.3 Å². The molecule has 0 saturated heterocycles. The van der Waals surface area contributed by atoms with Gasteiger partial charge in [0, 0.05) is 17.3 Å². The van der Waals surface area contributed by atoms with E-state index < -0.39 is 0 Å². The molecule has 0 aliphatic carbocycles. The van der Waals surface area contributed by atoms with Crippen molar-refractivity contribution in [1.82, 2.24) is 15.0 Å². The molecule has 2 aromatic carbocycles. The van der Waals surface area contributed by atoms with Crippen LogP contribution in [0.15, 0.2) is 66.9 Å². The first-order valence-electron chi connectivity index (χ1n) is 7.73. The molecule has 1 amide bonds. The summed E-state index contributed by atoms with van der Waals surface area (Å²) >= 11 is 0. The predicted octanol–water partition coefficient (Wildman–Crippen LogP) is 2.96. The maximum atomic E-state index is 12.0. The molecule has 3 aromatic rings. The highest BCUT2D eigenvalue weighted by Gasteiger charge is 2.01. The number of anilines is 1. The minimum atomic E-state index is -0.258. The van der Waals surface area contributed by atoms with Crippen LogP contribution in [0.25, 0.3) is 6.08 Å². The summed E-state index contributed by atoms with van der Waals surface area (Å²) in [5.41, 5.74) is 3.11. The van der Waals surface area contributed by atoms with E-state index in [2.05, 4.69) is 21.5 Å². The monoisotopic (exact) mass is 328 g/mol. The largest absolute Gasteiger partial charge is 0.322 e. The lowest BCUT2D eigenvalue weighted by Crippen LogP contribution is -2.07. The highest BCUT2D eigenvalue weighted by Crippen LogP contribution is 2.10. The molecule has 0 unspecified atom stereocenters. The SMILES string of the molecule is C#Cc1cccc(NC(=O)/C=C/c2cn(Cc3ccccc3)nn2)c1. The van der Waals surface area contributed by atoms with Gasteiger partial charge in [-0.2, -0.15) is 0 Å². The molecule has 0 bridgehead atoms. The molecule has 122 valence electrons. The lowest BCUT2D eigenvalue weighted by molar-refractivity contribution is -0.111. The molecule has 1 aromatic heterocycles. The number of nitrogens with one attached hydrogen (secondary N) is 1. The van der Waals surface area contributed by atoms with E-state index in [1.165, 1.54) is 6.08 Å². The van der Waals surface area contributed by atoms with Crippen LogP contribution in [0.5, 0.6) is 0 Å². The Morgan fingerprint density at radius 1 is 1.20 bits per heavy atom. The fourth-order valence-corrected chi connectivity index (χ4v) is 2.27. The average Bonchev–Trinajstić information content (AvgIpc) is 3.08. The number of nitrogens with zero attached hydrogens (tertiary/aromatic N) is 3. The van der Waals surface area contributed by atoms with Crippen LogP contribution in [0.4, 0.5) is 5.69 Å². The lowest BCUT2D eigenvalue weighted by Gasteiger charge is -2.02. The number of amides is 1. The van der Waals surface area contributed by atoms with Crippen LogP contribution in [-0.4, -0.2) is 20.9 Å². The van der Waals surface area contributed by atoms with Crippen molar-refractivity contribution in [3.63, 3.8) is 0 Å². The number of hydrogen-bond donors (Lipinski definition) is 1. The van der Waals surface area contributed by atoms with E-state index in [-0.39, 0.29) is 5.91 Å². The zero-order chi connectivity index (χ0) is 17.5. The fourth-order valence-electron chi connectivity index (χ4n) is 2.27. The molecular weight excluding hydrogens is 312 g/mol. The summed E-state index contributed by atoms with van der Waals surface area (Å²) in [6.45, 7) is 0.632. The maximum Gasteiger partial charge on any atom is 0.248 e. The third-order valence-corrected chi connectivity index (χ3v) is 3.45. The van der Waals surface area contributed by atoms with Gasteiger partial charge in [0.2, 0.25) is 5.91 Å². The van der Waals surface area contributed by atoms with Crippen LogP contribution in [0, 0.1) is 12.3 Å². The lowest BCUT2D eigenvalue weighted by atomic mass is 10.2. The van der Waals surface area contributed by atoms with Crippen molar-refractivity contribution in [3.05, 3.63) is 83.7 Å². The standard InChI is InChI=1S/C20H16N4O/c1-2-16-9-6-10-18(13-16)21-20(25)12-11-19-15-24(23-22-19)14-17-7-4-3-5-8-17/h1,3-13,15H,14H2,(H,21,25)/b12-11+. The summed E-state index contributed by atoms with van der Waals surface area (Å²) in [7, 11) is 0. The van der Waals surface area contributed by atoms with E-state index in [0.29, 0.717) is 23.5 Å². The molecule has 0 fully saturated rings. The van der Waals surface area contributed by atoms with Gasteiger partial charge in [0.25, 0.3) is 0 Å². The summed E-state index contributed by atoms with van der Waals surface area (Å²) in [4.78, 5) is 12.0. The van der Waals surface area contributed by atoms with Crippen molar-refractivity contribution in [1.29, 1.82) is 0 Å². The summed E-state index contributed by atoms with van der Waals surface area (Å²) in [6, 6.07) is 17.1. The van der Waals surface area contributed by atoms with Gasteiger partial charge in [0.05, 0.1) is 12.7 Å². The zero-order valence-corrected chi connectivity index (χ0v) is 13.5. The number of carbonyl (C=O) groups excluding carboxylic acids is 1. The second-order valence-corrected chi connectivity index (χ2v) is 5.37. The van der Waals surface area contributed by atoms with Crippen LogP contribution < -0.4 is 5.32 Å². The van der Waals surface area contributed by atoms with Gasteiger partial charge in [0.1, 0.15) is 5.69 Å². The Balaban J connectivity index is 1.60. The average molecular weight is 328 g/mol. The number of hydrogen-bond acceptors (Lipinski definition) is 3. The molecule has 0 radical (unpaired) electrons. The summed E-state index contributed by atoms with van der Waals surface area (Å²) in [5.74, 6) is 2.27. The van der Waals surface area contributed by atoms with E-state index in [0.717, 1.165) is 5.56 Å². The van der Waals surface area contributed by atoms with Gasteiger partial charge in [-0.05, 0) is 29.8 Å². The number of benzene rings is 2. The Labute approximate surface area is 146 Å². The van der Waals surface area contributed by atoms with Crippen LogP contribution in [0.2, 0.25) is 0 Å². The third kappa shape index (κ3) is 4.66. The molecule has 1 heterocycles. The number of rotatable bonds is 5. The Morgan fingerprint density at radius 2 is 2.04 bits per heavy atom. The first-order valence-corrected chi connectivity index (χ1v) is 7.73. The second-order valence-electron chi connectivity index (χ2n) is 5.37. The molecule has 5 nitrogen and oxygen atoms in total. The molecule has 0 aliphatic rings. The van der Waals surface area contributed by atoms with Crippen molar-refractivity contribution < 1.29 is 4.79 Å². The molecule has 0 aliphatic heterocycles. The molecule has 5 heteroatoms. The molecule has 3 rings (SSSR count). The first kappa shape index (κ1) is 16.2.